The maximum absolute atomic E-state index is 14.4. The minimum atomic E-state index is 0.265. The van der Waals surface area contributed by atoms with Crippen molar-refractivity contribution in [1.29, 1.82) is 0 Å². The molecule has 3 aromatic rings. The standard InChI is InChI=1S/C37H44N2O2/c1-23-17-25(3)36(26(4)18-23)41-16-15-28-9-11-29(12-10-28)33-19-31-20-38-21-34(31)35(33)37(40)39(32-13-14-32)22-30-8-6-7-24(2)27(30)5/h6-12,17-18,31-32,34,38H,13-16,19-22H2,1-5H3/t31-,34+/m0/s1. The van der Waals surface area contributed by atoms with Crippen LogP contribution >= 0.6 is 0 Å². The Bertz CT molecular complexity index is 1460. The fraction of sp³-hybridized carbons (Fsp3) is 0.432. The predicted octanol–water partition coefficient (Wildman–Crippen LogP) is 7.03. The molecule has 1 aliphatic heterocycles. The van der Waals surface area contributed by atoms with Crippen LogP contribution in [-0.4, -0.2) is 36.5 Å². The molecule has 1 saturated carbocycles. The van der Waals surface area contributed by atoms with E-state index in [4.69, 9.17) is 4.74 Å². The first kappa shape index (κ1) is 27.8. The van der Waals surface area contributed by atoms with Gasteiger partial charge in [0.2, 0.25) is 0 Å². The molecule has 4 heteroatoms. The molecule has 2 aliphatic carbocycles. The highest BCUT2D eigenvalue weighted by Gasteiger charge is 2.44. The summed E-state index contributed by atoms with van der Waals surface area (Å²) < 4.78 is 6.21. The molecule has 214 valence electrons. The van der Waals surface area contributed by atoms with E-state index in [2.05, 4.69) is 99.4 Å². The van der Waals surface area contributed by atoms with Gasteiger partial charge >= 0.3 is 0 Å². The van der Waals surface area contributed by atoms with Crippen LogP contribution in [0.25, 0.3) is 5.57 Å². The van der Waals surface area contributed by atoms with Crippen molar-refractivity contribution >= 4 is 11.5 Å². The van der Waals surface area contributed by atoms with E-state index in [0.717, 1.165) is 50.1 Å². The van der Waals surface area contributed by atoms with Gasteiger partial charge < -0.3 is 15.0 Å². The largest absolute Gasteiger partial charge is 0.493 e. The highest BCUT2D eigenvalue weighted by atomic mass is 16.5. The van der Waals surface area contributed by atoms with Crippen molar-refractivity contribution in [3.8, 4) is 5.75 Å². The number of allylic oxidation sites excluding steroid dienone is 1. The molecule has 0 unspecified atom stereocenters. The topological polar surface area (TPSA) is 41.6 Å². The average Bonchev–Trinajstić information content (AvgIpc) is 3.57. The molecule has 2 atom stereocenters. The second-order valence-electron chi connectivity index (χ2n) is 12.7. The van der Waals surface area contributed by atoms with Crippen molar-refractivity contribution in [2.24, 2.45) is 11.8 Å². The summed E-state index contributed by atoms with van der Waals surface area (Å²) in [6.07, 6.45) is 4.07. The number of amides is 1. The fourth-order valence-corrected chi connectivity index (χ4v) is 7.05. The van der Waals surface area contributed by atoms with Gasteiger partial charge in [0.25, 0.3) is 5.91 Å². The molecule has 6 rings (SSSR count). The summed E-state index contributed by atoms with van der Waals surface area (Å²) in [6.45, 7) is 14.0. The van der Waals surface area contributed by atoms with Gasteiger partial charge in [-0.15, -0.1) is 0 Å². The van der Waals surface area contributed by atoms with E-state index in [1.807, 2.05) is 0 Å². The molecule has 4 nitrogen and oxygen atoms in total. The molecule has 0 bridgehead atoms. The summed E-state index contributed by atoms with van der Waals surface area (Å²) in [5.74, 6) is 2.10. The van der Waals surface area contributed by atoms with Crippen LogP contribution in [0.3, 0.4) is 0 Å². The molecule has 2 fully saturated rings. The van der Waals surface area contributed by atoms with Gasteiger partial charge in [0.1, 0.15) is 5.75 Å². The second kappa shape index (κ2) is 11.5. The van der Waals surface area contributed by atoms with E-state index in [-0.39, 0.29) is 5.91 Å². The Morgan fingerprint density at radius 3 is 2.37 bits per heavy atom. The number of rotatable bonds is 9. The lowest BCUT2D eigenvalue weighted by molar-refractivity contribution is -0.128. The molecule has 1 amide bonds. The molecule has 0 aromatic heterocycles. The summed E-state index contributed by atoms with van der Waals surface area (Å²) in [4.78, 5) is 16.6. The van der Waals surface area contributed by atoms with Crippen molar-refractivity contribution in [2.45, 2.75) is 72.9 Å². The molecule has 0 radical (unpaired) electrons. The third-order valence-corrected chi connectivity index (χ3v) is 9.58. The summed E-state index contributed by atoms with van der Waals surface area (Å²) in [5, 5.41) is 3.57. The molecular weight excluding hydrogens is 504 g/mol. The number of fused-ring (bicyclic) bond motifs is 1. The Balaban J connectivity index is 1.21. The minimum absolute atomic E-state index is 0.265. The van der Waals surface area contributed by atoms with E-state index in [1.165, 1.54) is 50.1 Å². The van der Waals surface area contributed by atoms with E-state index in [9.17, 15) is 4.79 Å². The zero-order valence-corrected chi connectivity index (χ0v) is 25.3. The highest BCUT2D eigenvalue weighted by Crippen LogP contribution is 2.46. The number of benzene rings is 3. The average molecular weight is 549 g/mol. The smallest absolute Gasteiger partial charge is 0.250 e. The maximum Gasteiger partial charge on any atom is 0.250 e. The molecule has 1 N–H and O–H groups in total. The zero-order valence-electron chi connectivity index (χ0n) is 25.3. The van der Waals surface area contributed by atoms with Crippen molar-refractivity contribution < 1.29 is 9.53 Å². The second-order valence-corrected chi connectivity index (χ2v) is 12.7. The lowest BCUT2D eigenvalue weighted by Gasteiger charge is -2.27. The van der Waals surface area contributed by atoms with Crippen LogP contribution in [0.2, 0.25) is 0 Å². The quantitative estimate of drug-likeness (QED) is 0.312. The summed E-state index contributed by atoms with van der Waals surface area (Å²) in [6, 6.07) is 20.1. The van der Waals surface area contributed by atoms with E-state index in [0.29, 0.717) is 31.0 Å². The van der Waals surface area contributed by atoms with Crippen LogP contribution in [0.4, 0.5) is 0 Å². The number of hydrogen-bond acceptors (Lipinski definition) is 3. The van der Waals surface area contributed by atoms with Crippen molar-refractivity contribution in [2.75, 3.05) is 19.7 Å². The summed E-state index contributed by atoms with van der Waals surface area (Å²) in [7, 11) is 0. The number of carbonyl (C=O) groups excluding carboxylic acids is 1. The van der Waals surface area contributed by atoms with Gasteiger partial charge in [-0.25, -0.2) is 0 Å². The van der Waals surface area contributed by atoms with Crippen LogP contribution in [-0.2, 0) is 17.8 Å². The van der Waals surface area contributed by atoms with Gasteiger partial charge in [-0.3, -0.25) is 4.79 Å². The van der Waals surface area contributed by atoms with Gasteiger partial charge in [0.15, 0.2) is 0 Å². The first-order valence-corrected chi connectivity index (χ1v) is 15.4. The number of carbonyl (C=O) groups is 1. The normalized spacial score (nSPS) is 19.9. The van der Waals surface area contributed by atoms with Crippen LogP contribution in [0.1, 0.15) is 63.8 Å². The maximum atomic E-state index is 14.4. The van der Waals surface area contributed by atoms with Crippen LogP contribution < -0.4 is 10.1 Å². The van der Waals surface area contributed by atoms with Crippen LogP contribution in [0, 0.1) is 46.5 Å². The zero-order chi connectivity index (χ0) is 28.7. The number of aryl methyl sites for hydroxylation is 4. The van der Waals surface area contributed by atoms with E-state index < -0.39 is 0 Å². The number of ether oxygens (including phenoxy) is 1. The molecular formula is C37H44N2O2. The third kappa shape index (κ3) is 5.72. The molecule has 1 heterocycles. The molecule has 1 saturated heterocycles. The summed E-state index contributed by atoms with van der Waals surface area (Å²) >= 11 is 0. The number of hydrogen-bond donors (Lipinski definition) is 1. The van der Waals surface area contributed by atoms with Gasteiger partial charge in [-0.05, 0) is 111 Å². The number of nitrogens with zero attached hydrogens (tertiary/aromatic N) is 1. The summed E-state index contributed by atoms with van der Waals surface area (Å²) in [5.41, 5.74) is 12.3. The minimum Gasteiger partial charge on any atom is -0.493 e. The molecule has 0 spiro atoms. The highest BCUT2D eigenvalue weighted by molar-refractivity contribution is 6.03. The van der Waals surface area contributed by atoms with Gasteiger partial charge in [0.05, 0.1) is 6.61 Å². The van der Waals surface area contributed by atoms with E-state index in [1.54, 1.807) is 0 Å². The Hall–Kier alpha value is -3.37. The predicted molar refractivity (Wildman–Crippen MR) is 167 cm³/mol. The fourth-order valence-electron chi connectivity index (χ4n) is 7.05. The monoisotopic (exact) mass is 548 g/mol. The van der Waals surface area contributed by atoms with Crippen molar-refractivity contribution in [1.82, 2.24) is 10.2 Å². The molecule has 3 aromatic carbocycles. The Labute approximate surface area is 245 Å². The van der Waals surface area contributed by atoms with Gasteiger partial charge in [-0.1, -0.05) is 60.2 Å². The van der Waals surface area contributed by atoms with E-state index >= 15 is 0 Å². The molecule has 41 heavy (non-hydrogen) atoms. The first-order valence-electron chi connectivity index (χ1n) is 15.4. The SMILES string of the molecule is Cc1cc(C)c(OCCc2ccc(C3=C(C(=O)N(Cc4cccc(C)c4C)C4CC4)[C@@H]4CNC[C@@H]4C3)cc2)c(C)c1. The molecule has 3 aliphatic rings. The number of nitrogens with one attached hydrogen (secondary N) is 1. The first-order chi connectivity index (χ1) is 19.8. The van der Waals surface area contributed by atoms with Crippen molar-refractivity contribution in [3.63, 3.8) is 0 Å². The lowest BCUT2D eigenvalue weighted by atomic mass is 9.93. The lowest BCUT2D eigenvalue weighted by Crippen LogP contribution is -2.36. The third-order valence-electron chi connectivity index (χ3n) is 9.58. The Morgan fingerprint density at radius 2 is 1.66 bits per heavy atom. The van der Waals surface area contributed by atoms with Gasteiger partial charge in [0, 0.05) is 37.0 Å². The Kier molecular flexibility index (Phi) is 7.78. The van der Waals surface area contributed by atoms with Gasteiger partial charge in [-0.2, -0.15) is 0 Å². The van der Waals surface area contributed by atoms with Crippen LogP contribution in [0.5, 0.6) is 5.75 Å². The van der Waals surface area contributed by atoms with Crippen LogP contribution in [0.15, 0.2) is 60.2 Å². The Morgan fingerprint density at radius 1 is 0.927 bits per heavy atom. The van der Waals surface area contributed by atoms with Crippen molar-refractivity contribution in [3.05, 3.63) is 105 Å².